The number of ether oxygens (including phenoxy) is 1. The molecular formula is C23H21FN2O3S. The van der Waals surface area contributed by atoms with E-state index < -0.39 is 6.10 Å². The van der Waals surface area contributed by atoms with Crippen molar-refractivity contribution in [2.45, 2.75) is 26.5 Å². The number of halogens is 1. The van der Waals surface area contributed by atoms with Gasteiger partial charge in [-0.1, -0.05) is 30.3 Å². The van der Waals surface area contributed by atoms with Crippen LogP contribution in [0, 0.1) is 19.7 Å². The molecule has 0 saturated heterocycles. The van der Waals surface area contributed by atoms with E-state index in [0.29, 0.717) is 15.8 Å². The lowest BCUT2D eigenvalue weighted by molar-refractivity contribution is 0.0908. The van der Waals surface area contributed by atoms with E-state index in [1.165, 1.54) is 34.4 Å². The zero-order valence-electron chi connectivity index (χ0n) is 16.6. The van der Waals surface area contributed by atoms with Gasteiger partial charge in [0.05, 0.1) is 18.3 Å². The van der Waals surface area contributed by atoms with Crippen LogP contribution in [0.4, 0.5) is 4.39 Å². The van der Waals surface area contributed by atoms with Crippen molar-refractivity contribution in [2.75, 3.05) is 6.61 Å². The second-order valence-electron chi connectivity index (χ2n) is 7.22. The number of hydrogen-bond donors (Lipinski definition) is 1. The van der Waals surface area contributed by atoms with Crippen LogP contribution in [0.1, 0.15) is 11.1 Å². The molecule has 1 N–H and O–H groups in total. The largest absolute Gasteiger partial charge is 0.490 e. The predicted molar refractivity (Wildman–Crippen MR) is 117 cm³/mol. The molecule has 154 valence electrons. The molecule has 4 aromatic rings. The molecule has 2 aromatic carbocycles. The Morgan fingerprint density at radius 2 is 1.87 bits per heavy atom. The van der Waals surface area contributed by atoms with Crippen LogP contribution in [0.15, 0.2) is 59.0 Å². The summed E-state index contributed by atoms with van der Waals surface area (Å²) in [6.07, 6.45) is 0.562. The maximum atomic E-state index is 13.3. The molecule has 0 radical (unpaired) electrons. The molecule has 0 aliphatic carbocycles. The number of benzene rings is 2. The minimum Gasteiger partial charge on any atom is -0.490 e. The first-order valence-electron chi connectivity index (χ1n) is 9.53. The smallest absolute Gasteiger partial charge is 0.262 e. The van der Waals surface area contributed by atoms with Crippen molar-refractivity contribution < 1.29 is 14.2 Å². The number of aryl methyl sites for hydroxylation is 2. The molecule has 0 aliphatic heterocycles. The fourth-order valence-electron chi connectivity index (χ4n) is 3.43. The normalized spacial score (nSPS) is 12.3. The summed E-state index contributed by atoms with van der Waals surface area (Å²) < 4.78 is 20.4. The molecule has 7 heteroatoms. The van der Waals surface area contributed by atoms with Gasteiger partial charge in [-0.2, -0.15) is 0 Å². The summed E-state index contributed by atoms with van der Waals surface area (Å²) in [7, 11) is 0. The first-order chi connectivity index (χ1) is 14.4. The number of aromatic nitrogens is 2. The van der Waals surface area contributed by atoms with E-state index in [-0.39, 0.29) is 24.5 Å². The molecule has 1 atom stereocenters. The number of thiophene rings is 1. The van der Waals surface area contributed by atoms with Gasteiger partial charge < -0.3 is 9.84 Å². The Balaban J connectivity index is 1.57. The summed E-state index contributed by atoms with van der Waals surface area (Å²) >= 11 is 1.36. The van der Waals surface area contributed by atoms with E-state index in [0.717, 1.165) is 22.4 Å². The molecule has 0 saturated carbocycles. The van der Waals surface area contributed by atoms with Crippen LogP contribution in [0.2, 0.25) is 0 Å². The van der Waals surface area contributed by atoms with Gasteiger partial charge in [0.1, 0.15) is 29.1 Å². The number of fused-ring (bicyclic) bond motifs is 1. The molecule has 2 aromatic heterocycles. The number of nitrogens with zero attached hydrogens (tertiary/aromatic N) is 2. The summed E-state index contributed by atoms with van der Waals surface area (Å²) in [5.41, 5.74) is 3.20. The molecule has 0 spiro atoms. The molecule has 0 unspecified atom stereocenters. The Kier molecular flexibility index (Phi) is 5.65. The van der Waals surface area contributed by atoms with Crippen LogP contribution in [-0.4, -0.2) is 27.4 Å². The number of para-hydroxylation sites is 1. The second kappa shape index (κ2) is 8.38. The molecule has 30 heavy (non-hydrogen) atoms. The summed E-state index contributed by atoms with van der Waals surface area (Å²) in [6, 6.07) is 11.9. The highest BCUT2D eigenvalue weighted by molar-refractivity contribution is 7.17. The predicted octanol–water partition coefficient (Wildman–Crippen LogP) is 4.32. The summed E-state index contributed by atoms with van der Waals surface area (Å²) in [4.78, 5) is 18.0. The van der Waals surface area contributed by atoms with Gasteiger partial charge in [0.15, 0.2) is 0 Å². The van der Waals surface area contributed by atoms with Crippen LogP contribution >= 0.6 is 11.3 Å². The van der Waals surface area contributed by atoms with E-state index in [9.17, 15) is 14.3 Å². The van der Waals surface area contributed by atoms with Gasteiger partial charge in [-0.05, 0) is 42.7 Å². The van der Waals surface area contributed by atoms with Crippen LogP contribution in [-0.2, 0) is 6.54 Å². The first-order valence-corrected chi connectivity index (χ1v) is 10.4. The van der Waals surface area contributed by atoms with E-state index in [4.69, 9.17) is 4.74 Å². The lowest BCUT2D eigenvalue weighted by atomic mass is 10.1. The van der Waals surface area contributed by atoms with Crippen molar-refractivity contribution >= 4 is 21.6 Å². The van der Waals surface area contributed by atoms with E-state index >= 15 is 0 Å². The molecule has 0 amide bonds. The van der Waals surface area contributed by atoms with Crippen molar-refractivity contribution in [1.29, 1.82) is 0 Å². The van der Waals surface area contributed by atoms with Gasteiger partial charge in [0.2, 0.25) is 0 Å². The number of rotatable bonds is 6. The Labute approximate surface area is 177 Å². The van der Waals surface area contributed by atoms with Crippen molar-refractivity contribution in [1.82, 2.24) is 9.55 Å². The molecule has 0 aliphatic rings. The highest BCUT2D eigenvalue weighted by Gasteiger charge is 2.16. The zero-order chi connectivity index (χ0) is 21.3. The van der Waals surface area contributed by atoms with Gasteiger partial charge >= 0.3 is 0 Å². The second-order valence-corrected chi connectivity index (χ2v) is 8.08. The van der Waals surface area contributed by atoms with Gasteiger partial charge in [0.25, 0.3) is 5.56 Å². The molecule has 0 bridgehead atoms. The maximum absolute atomic E-state index is 13.3. The lowest BCUT2D eigenvalue weighted by Crippen LogP contribution is -2.30. The average molecular weight is 424 g/mol. The van der Waals surface area contributed by atoms with Crippen molar-refractivity contribution in [3.05, 3.63) is 81.5 Å². The van der Waals surface area contributed by atoms with Gasteiger partial charge in [-0.25, -0.2) is 9.37 Å². The third-order valence-corrected chi connectivity index (χ3v) is 5.84. The fraction of sp³-hybridized carbons (Fsp3) is 0.217. The van der Waals surface area contributed by atoms with E-state index in [1.54, 1.807) is 12.1 Å². The van der Waals surface area contributed by atoms with Crippen LogP contribution in [0.3, 0.4) is 0 Å². The molecule has 2 heterocycles. The summed E-state index contributed by atoms with van der Waals surface area (Å²) in [5.74, 6) is 0.412. The monoisotopic (exact) mass is 424 g/mol. The Morgan fingerprint density at radius 3 is 2.57 bits per heavy atom. The topological polar surface area (TPSA) is 64.3 Å². The van der Waals surface area contributed by atoms with Crippen molar-refractivity contribution in [3.8, 4) is 16.9 Å². The number of aliphatic hydroxyl groups excluding tert-OH is 1. The van der Waals surface area contributed by atoms with E-state index in [1.807, 2.05) is 37.4 Å². The fourth-order valence-corrected chi connectivity index (χ4v) is 4.33. The Hall–Kier alpha value is -3.03. The lowest BCUT2D eigenvalue weighted by Gasteiger charge is -2.16. The number of aliphatic hydroxyl groups is 1. The summed E-state index contributed by atoms with van der Waals surface area (Å²) in [5, 5.41) is 12.8. The quantitative estimate of drug-likeness (QED) is 0.501. The van der Waals surface area contributed by atoms with Gasteiger partial charge in [-0.3, -0.25) is 9.36 Å². The first kappa shape index (κ1) is 20.3. The molecule has 0 fully saturated rings. The Morgan fingerprint density at radius 1 is 1.17 bits per heavy atom. The van der Waals surface area contributed by atoms with Crippen LogP contribution < -0.4 is 10.3 Å². The van der Waals surface area contributed by atoms with Crippen LogP contribution in [0.25, 0.3) is 21.3 Å². The van der Waals surface area contributed by atoms with Gasteiger partial charge in [0, 0.05) is 10.9 Å². The minimum absolute atomic E-state index is 0.0601. The van der Waals surface area contributed by atoms with Crippen molar-refractivity contribution in [3.63, 3.8) is 0 Å². The maximum Gasteiger partial charge on any atom is 0.262 e. The standard InChI is InChI=1S/C23H21FN2O3S/c1-14-4-3-5-15(2)21(14)29-11-18(27)10-26-13-25-22-20(23(26)28)19(12-30-22)16-6-8-17(24)9-7-16/h3-9,12-13,18,27H,10-11H2,1-2H3/t18-/m0/s1. The van der Waals surface area contributed by atoms with Crippen LogP contribution in [0.5, 0.6) is 5.75 Å². The molecule has 5 nitrogen and oxygen atoms in total. The average Bonchev–Trinajstić information content (AvgIpc) is 3.15. The third-order valence-electron chi connectivity index (χ3n) is 4.95. The third kappa shape index (κ3) is 3.99. The van der Waals surface area contributed by atoms with Crippen molar-refractivity contribution in [2.24, 2.45) is 0 Å². The minimum atomic E-state index is -0.881. The molecular weight excluding hydrogens is 403 g/mol. The molecule has 4 rings (SSSR count). The van der Waals surface area contributed by atoms with Gasteiger partial charge in [-0.15, -0.1) is 11.3 Å². The zero-order valence-corrected chi connectivity index (χ0v) is 17.4. The highest BCUT2D eigenvalue weighted by atomic mass is 32.1. The van der Waals surface area contributed by atoms with E-state index in [2.05, 4.69) is 4.98 Å². The summed E-state index contributed by atoms with van der Waals surface area (Å²) in [6.45, 7) is 4.02. The SMILES string of the molecule is Cc1cccc(C)c1OC[C@@H](O)Cn1cnc2scc(-c3ccc(F)cc3)c2c1=O. The Bertz CT molecular complexity index is 1230. The highest BCUT2D eigenvalue weighted by Crippen LogP contribution is 2.30. The number of hydrogen-bond acceptors (Lipinski definition) is 5.